The molecule has 0 radical (unpaired) electrons. The van der Waals surface area contributed by atoms with Crippen LogP contribution in [0.5, 0.6) is 11.5 Å². The number of amides is 1. The number of rotatable bonds is 4. The van der Waals surface area contributed by atoms with Crippen molar-refractivity contribution < 1.29 is 14.3 Å². The fraction of sp³-hybridized carbons (Fsp3) is 0.100. The average molecular weight is 348 g/mol. The molecule has 1 aromatic heterocycles. The maximum absolute atomic E-state index is 12.5. The summed E-state index contributed by atoms with van der Waals surface area (Å²) in [4.78, 5) is 24.6. The maximum atomic E-state index is 12.5. The van der Waals surface area contributed by atoms with Crippen molar-refractivity contribution in [2.75, 3.05) is 12.1 Å². The molecule has 1 amide bonds. The molecule has 0 fully saturated rings. The molecule has 2 aromatic carbocycles. The molecular formula is C20H16N2O4. The van der Waals surface area contributed by atoms with Crippen LogP contribution in [0.3, 0.4) is 0 Å². The highest BCUT2D eigenvalue weighted by Gasteiger charge is 2.15. The minimum Gasteiger partial charge on any atom is -0.454 e. The third kappa shape index (κ3) is 3.30. The van der Waals surface area contributed by atoms with Crippen LogP contribution in [0.2, 0.25) is 0 Å². The molecule has 6 nitrogen and oxygen atoms in total. The van der Waals surface area contributed by atoms with Gasteiger partial charge >= 0.3 is 0 Å². The number of hydrogen-bond acceptors (Lipinski definition) is 4. The summed E-state index contributed by atoms with van der Waals surface area (Å²) in [5.74, 6) is 0.946. The molecule has 0 saturated carbocycles. The van der Waals surface area contributed by atoms with Gasteiger partial charge in [-0.25, -0.2) is 0 Å². The van der Waals surface area contributed by atoms with Crippen LogP contribution in [-0.2, 0) is 6.54 Å². The average Bonchev–Trinajstić information content (AvgIpc) is 3.12. The van der Waals surface area contributed by atoms with Crippen LogP contribution in [0.25, 0.3) is 0 Å². The first-order valence-corrected chi connectivity index (χ1v) is 8.14. The van der Waals surface area contributed by atoms with Gasteiger partial charge in [-0.3, -0.25) is 9.59 Å². The maximum Gasteiger partial charge on any atom is 0.257 e. The van der Waals surface area contributed by atoms with E-state index >= 15 is 0 Å². The Morgan fingerprint density at radius 1 is 1.00 bits per heavy atom. The smallest absolute Gasteiger partial charge is 0.257 e. The van der Waals surface area contributed by atoms with E-state index in [1.54, 1.807) is 24.4 Å². The normalized spacial score (nSPS) is 12.0. The highest BCUT2D eigenvalue weighted by atomic mass is 16.7. The Labute approximate surface area is 149 Å². The quantitative estimate of drug-likeness (QED) is 0.787. The number of nitrogens with zero attached hydrogens (tertiary/aromatic N) is 1. The zero-order valence-corrected chi connectivity index (χ0v) is 13.8. The van der Waals surface area contributed by atoms with Crippen LogP contribution in [0, 0.1) is 0 Å². The molecule has 0 atom stereocenters. The summed E-state index contributed by atoms with van der Waals surface area (Å²) >= 11 is 0. The molecule has 0 unspecified atom stereocenters. The van der Waals surface area contributed by atoms with Crippen molar-refractivity contribution in [3.05, 3.63) is 88.3 Å². The van der Waals surface area contributed by atoms with Crippen molar-refractivity contribution >= 4 is 11.6 Å². The first-order valence-electron chi connectivity index (χ1n) is 8.14. The third-order valence-corrected chi connectivity index (χ3v) is 4.07. The van der Waals surface area contributed by atoms with Crippen LogP contribution in [-0.4, -0.2) is 17.3 Å². The van der Waals surface area contributed by atoms with E-state index in [1.807, 2.05) is 30.3 Å². The second kappa shape index (κ2) is 6.76. The summed E-state index contributed by atoms with van der Waals surface area (Å²) in [7, 11) is 0. The van der Waals surface area contributed by atoms with Crippen molar-refractivity contribution in [3.8, 4) is 11.5 Å². The van der Waals surface area contributed by atoms with Crippen molar-refractivity contribution in [3.63, 3.8) is 0 Å². The molecule has 0 bridgehead atoms. The highest BCUT2D eigenvalue weighted by molar-refractivity contribution is 6.04. The fourth-order valence-electron chi connectivity index (χ4n) is 2.75. The molecular weight excluding hydrogens is 332 g/mol. The Balaban J connectivity index is 1.54. The van der Waals surface area contributed by atoms with E-state index in [-0.39, 0.29) is 18.3 Å². The Kier molecular flexibility index (Phi) is 4.15. The van der Waals surface area contributed by atoms with Gasteiger partial charge in [-0.2, -0.15) is 0 Å². The predicted molar refractivity (Wildman–Crippen MR) is 96.8 cm³/mol. The summed E-state index contributed by atoms with van der Waals surface area (Å²) in [6.45, 7) is 0.585. The van der Waals surface area contributed by atoms with E-state index in [1.165, 1.54) is 16.7 Å². The van der Waals surface area contributed by atoms with Gasteiger partial charge < -0.3 is 19.4 Å². The van der Waals surface area contributed by atoms with Crippen LogP contribution in [0.15, 0.2) is 71.7 Å². The van der Waals surface area contributed by atoms with Crippen LogP contribution >= 0.6 is 0 Å². The molecule has 130 valence electrons. The SMILES string of the molecule is O=C(Nc1ccc2c(c1)OCO2)c1ccc(=O)n(Cc2ccccc2)c1. The number of pyridine rings is 1. The zero-order valence-electron chi connectivity index (χ0n) is 13.8. The lowest BCUT2D eigenvalue weighted by molar-refractivity contribution is 0.102. The van der Waals surface area contributed by atoms with E-state index in [0.29, 0.717) is 29.3 Å². The standard InChI is InChI=1S/C20H16N2O4/c23-19-9-6-15(12-22(19)11-14-4-2-1-3-5-14)20(24)21-16-7-8-17-18(10-16)26-13-25-17/h1-10,12H,11,13H2,(H,21,24). The number of aromatic nitrogens is 1. The van der Waals surface area contributed by atoms with Crippen molar-refractivity contribution in [1.82, 2.24) is 4.57 Å². The molecule has 6 heteroatoms. The lowest BCUT2D eigenvalue weighted by Crippen LogP contribution is -2.22. The number of carbonyl (C=O) groups is 1. The Morgan fingerprint density at radius 2 is 1.81 bits per heavy atom. The van der Waals surface area contributed by atoms with Gasteiger partial charge in [-0.1, -0.05) is 30.3 Å². The lowest BCUT2D eigenvalue weighted by Gasteiger charge is -2.09. The van der Waals surface area contributed by atoms with Gasteiger partial charge in [-0.15, -0.1) is 0 Å². The van der Waals surface area contributed by atoms with E-state index < -0.39 is 0 Å². The van der Waals surface area contributed by atoms with E-state index in [9.17, 15) is 9.59 Å². The predicted octanol–water partition coefficient (Wildman–Crippen LogP) is 2.88. The minimum absolute atomic E-state index is 0.159. The third-order valence-electron chi connectivity index (χ3n) is 4.07. The van der Waals surface area contributed by atoms with Gasteiger partial charge in [0.05, 0.1) is 12.1 Å². The van der Waals surface area contributed by atoms with Gasteiger partial charge in [0.1, 0.15) is 0 Å². The molecule has 0 saturated heterocycles. The monoisotopic (exact) mass is 348 g/mol. The van der Waals surface area contributed by atoms with Crippen molar-refractivity contribution in [1.29, 1.82) is 0 Å². The molecule has 0 aliphatic carbocycles. The first-order chi connectivity index (χ1) is 12.7. The molecule has 4 rings (SSSR count). The number of anilines is 1. The van der Waals surface area contributed by atoms with Crippen LogP contribution < -0.4 is 20.3 Å². The number of ether oxygens (including phenoxy) is 2. The molecule has 0 spiro atoms. The summed E-state index contributed by atoms with van der Waals surface area (Å²) in [5.41, 5.74) is 1.83. The van der Waals surface area contributed by atoms with Crippen LogP contribution in [0.1, 0.15) is 15.9 Å². The zero-order chi connectivity index (χ0) is 17.9. The second-order valence-electron chi connectivity index (χ2n) is 5.89. The first kappa shape index (κ1) is 16.0. The Hall–Kier alpha value is -3.54. The molecule has 1 aliphatic heterocycles. The number of benzene rings is 2. The van der Waals surface area contributed by atoms with Gasteiger partial charge in [0, 0.05) is 24.0 Å². The molecule has 3 aromatic rings. The minimum atomic E-state index is -0.300. The van der Waals surface area contributed by atoms with Gasteiger partial charge in [0.15, 0.2) is 11.5 Å². The summed E-state index contributed by atoms with van der Waals surface area (Å²) in [5, 5.41) is 2.81. The summed E-state index contributed by atoms with van der Waals surface area (Å²) in [6.07, 6.45) is 1.57. The topological polar surface area (TPSA) is 69.6 Å². The number of carbonyl (C=O) groups excluding carboxylic acids is 1. The van der Waals surface area contributed by atoms with Gasteiger partial charge in [-0.05, 0) is 23.8 Å². The summed E-state index contributed by atoms with van der Waals surface area (Å²) < 4.78 is 12.1. The van der Waals surface area contributed by atoms with Gasteiger partial charge in [0.25, 0.3) is 11.5 Å². The highest BCUT2D eigenvalue weighted by Crippen LogP contribution is 2.34. The lowest BCUT2D eigenvalue weighted by atomic mass is 10.2. The number of hydrogen-bond donors (Lipinski definition) is 1. The van der Waals surface area contributed by atoms with Gasteiger partial charge in [0.2, 0.25) is 6.79 Å². The second-order valence-corrected chi connectivity index (χ2v) is 5.89. The summed E-state index contributed by atoms with van der Waals surface area (Å²) in [6, 6.07) is 17.7. The Morgan fingerprint density at radius 3 is 2.65 bits per heavy atom. The molecule has 2 heterocycles. The van der Waals surface area contributed by atoms with Crippen LogP contribution in [0.4, 0.5) is 5.69 Å². The molecule has 1 N–H and O–H groups in total. The van der Waals surface area contributed by atoms with E-state index in [0.717, 1.165) is 5.56 Å². The largest absolute Gasteiger partial charge is 0.454 e. The number of fused-ring (bicyclic) bond motifs is 1. The number of nitrogens with one attached hydrogen (secondary N) is 1. The van der Waals surface area contributed by atoms with E-state index in [2.05, 4.69) is 5.32 Å². The van der Waals surface area contributed by atoms with Crippen molar-refractivity contribution in [2.24, 2.45) is 0 Å². The van der Waals surface area contributed by atoms with E-state index in [4.69, 9.17) is 9.47 Å². The Bertz CT molecular complexity index is 1010. The van der Waals surface area contributed by atoms with Crippen molar-refractivity contribution in [2.45, 2.75) is 6.54 Å². The molecule has 1 aliphatic rings. The fourth-order valence-corrected chi connectivity index (χ4v) is 2.75. The molecule has 26 heavy (non-hydrogen) atoms.